The largest absolute Gasteiger partial charge is 0.492 e. The zero-order valence-electron chi connectivity index (χ0n) is 13.4. The van der Waals surface area contributed by atoms with Crippen molar-refractivity contribution in [2.75, 3.05) is 13.7 Å². The molecule has 1 fully saturated rings. The highest BCUT2D eigenvalue weighted by atomic mass is 32.2. The number of thioether (sulfide) groups is 1. The van der Waals surface area contributed by atoms with E-state index < -0.39 is 5.97 Å². The second-order valence-corrected chi connectivity index (χ2v) is 7.11. The molecule has 0 saturated carbocycles. The van der Waals surface area contributed by atoms with E-state index in [-0.39, 0.29) is 18.9 Å². The number of carboxylic acid groups (broad SMARTS) is 1. The number of rotatable bonds is 5. The molecule has 1 heterocycles. The summed E-state index contributed by atoms with van der Waals surface area (Å²) in [4.78, 5) is 25.0. The predicted octanol–water partition coefficient (Wildman–Crippen LogP) is 3.52. The molecule has 0 spiro atoms. The second kappa shape index (κ2) is 7.25. The van der Waals surface area contributed by atoms with Crippen LogP contribution in [0.25, 0.3) is 16.8 Å². The van der Waals surface area contributed by atoms with Crippen molar-refractivity contribution in [3.05, 3.63) is 46.9 Å². The van der Waals surface area contributed by atoms with Crippen molar-refractivity contribution in [3.8, 4) is 5.75 Å². The molecule has 2 aromatic rings. The molecule has 3 rings (SSSR count). The van der Waals surface area contributed by atoms with Crippen molar-refractivity contribution in [2.45, 2.75) is 6.42 Å². The first-order valence-corrected chi connectivity index (χ1v) is 8.78. The van der Waals surface area contributed by atoms with E-state index in [1.54, 1.807) is 19.2 Å². The number of likely N-dealkylation sites (N-methyl/N-ethyl adjacent to an activating group) is 1. The molecule has 5 nitrogen and oxygen atoms in total. The minimum absolute atomic E-state index is 0.0588. The summed E-state index contributed by atoms with van der Waals surface area (Å²) in [6.45, 7) is 0.0588. The highest BCUT2D eigenvalue weighted by Gasteiger charge is 2.29. The number of hydrogen-bond acceptors (Lipinski definition) is 5. The fraction of sp³-hybridized carbons (Fsp3) is 0.167. The Bertz CT molecular complexity index is 907. The van der Waals surface area contributed by atoms with Crippen molar-refractivity contribution >= 4 is 57.0 Å². The van der Waals surface area contributed by atoms with Gasteiger partial charge in [-0.05, 0) is 22.9 Å². The Morgan fingerprint density at radius 3 is 2.76 bits per heavy atom. The summed E-state index contributed by atoms with van der Waals surface area (Å²) in [5.74, 6) is -0.532. The average Bonchev–Trinajstić information content (AvgIpc) is 2.83. The number of hydrogen-bond donors (Lipinski definition) is 1. The average molecular weight is 373 g/mol. The number of thiocarbonyl (C=S) groups is 1. The van der Waals surface area contributed by atoms with Gasteiger partial charge in [0.25, 0.3) is 5.91 Å². The maximum absolute atomic E-state index is 12.3. The molecule has 0 atom stereocenters. The van der Waals surface area contributed by atoms with Gasteiger partial charge in [0.15, 0.2) is 0 Å². The SMILES string of the molecule is CN1C(=O)/C(=C/c2c(OCCC(=O)O)ccc3ccccc23)SC1=S. The van der Waals surface area contributed by atoms with Crippen LogP contribution >= 0.6 is 24.0 Å². The normalized spacial score (nSPS) is 16.0. The smallest absolute Gasteiger partial charge is 0.306 e. The second-order valence-electron chi connectivity index (χ2n) is 5.43. The maximum atomic E-state index is 12.3. The molecular weight excluding hydrogens is 358 g/mol. The highest BCUT2D eigenvalue weighted by Crippen LogP contribution is 2.36. The van der Waals surface area contributed by atoms with Crippen molar-refractivity contribution in [1.29, 1.82) is 0 Å². The van der Waals surface area contributed by atoms with Crippen molar-refractivity contribution in [1.82, 2.24) is 4.90 Å². The molecular formula is C18H15NO4S2. The third-order valence-electron chi connectivity index (χ3n) is 3.77. The molecule has 128 valence electrons. The monoisotopic (exact) mass is 373 g/mol. The summed E-state index contributed by atoms with van der Waals surface area (Å²) in [6, 6.07) is 11.5. The molecule has 1 aliphatic rings. The van der Waals surface area contributed by atoms with Crippen LogP contribution in [-0.4, -0.2) is 39.9 Å². The zero-order valence-corrected chi connectivity index (χ0v) is 15.0. The van der Waals surface area contributed by atoms with E-state index in [1.165, 1.54) is 16.7 Å². The van der Waals surface area contributed by atoms with Gasteiger partial charge >= 0.3 is 5.97 Å². The number of carbonyl (C=O) groups is 2. The van der Waals surface area contributed by atoms with Crippen molar-refractivity contribution < 1.29 is 19.4 Å². The molecule has 1 amide bonds. The maximum Gasteiger partial charge on any atom is 0.306 e. The third-order valence-corrected chi connectivity index (χ3v) is 5.25. The van der Waals surface area contributed by atoms with Gasteiger partial charge in [0.1, 0.15) is 10.1 Å². The first-order chi connectivity index (χ1) is 12.0. The lowest BCUT2D eigenvalue weighted by atomic mass is 10.0. The molecule has 0 unspecified atom stereocenters. The summed E-state index contributed by atoms with van der Waals surface area (Å²) >= 11 is 6.41. The summed E-state index contributed by atoms with van der Waals surface area (Å²) < 4.78 is 6.17. The van der Waals surface area contributed by atoms with E-state index in [0.29, 0.717) is 15.0 Å². The number of benzene rings is 2. The summed E-state index contributed by atoms with van der Waals surface area (Å²) in [5.41, 5.74) is 0.748. The van der Waals surface area contributed by atoms with E-state index in [0.717, 1.165) is 16.3 Å². The molecule has 2 aromatic carbocycles. The van der Waals surface area contributed by atoms with Gasteiger partial charge in [-0.15, -0.1) is 0 Å². The van der Waals surface area contributed by atoms with Crippen LogP contribution < -0.4 is 4.74 Å². The first kappa shape index (κ1) is 17.4. The minimum Gasteiger partial charge on any atom is -0.492 e. The van der Waals surface area contributed by atoms with Crippen LogP contribution in [0, 0.1) is 0 Å². The Hall–Kier alpha value is -2.38. The minimum atomic E-state index is -0.922. The number of ether oxygens (including phenoxy) is 1. The number of fused-ring (bicyclic) bond motifs is 1. The van der Waals surface area contributed by atoms with Crippen LogP contribution in [0.5, 0.6) is 5.75 Å². The molecule has 0 radical (unpaired) electrons. The van der Waals surface area contributed by atoms with Gasteiger partial charge in [0.2, 0.25) is 0 Å². The lowest BCUT2D eigenvalue weighted by Gasteiger charge is -2.12. The Labute approximate surface area is 154 Å². The molecule has 0 aliphatic carbocycles. The Balaban J connectivity index is 2.05. The summed E-state index contributed by atoms with van der Waals surface area (Å²) in [5, 5.41) is 10.7. The number of nitrogens with zero attached hydrogens (tertiary/aromatic N) is 1. The fourth-order valence-corrected chi connectivity index (χ4v) is 3.64. The lowest BCUT2D eigenvalue weighted by Crippen LogP contribution is -2.22. The van der Waals surface area contributed by atoms with Crippen LogP contribution in [-0.2, 0) is 9.59 Å². The molecule has 1 N–H and O–H groups in total. The van der Waals surface area contributed by atoms with Gasteiger partial charge < -0.3 is 9.84 Å². The van der Waals surface area contributed by atoms with E-state index in [4.69, 9.17) is 22.1 Å². The molecule has 1 saturated heterocycles. The van der Waals surface area contributed by atoms with Gasteiger partial charge in [0, 0.05) is 12.6 Å². The lowest BCUT2D eigenvalue weighted by molar-refractivity contribution is -0.137. The first-order valence-electron chi connectivity index (χ1n) is 7.55. The van der Waals surface area contributed by atoms with E-state index in [1.807, 2.05) is 30.3 Å². The van der Waals surface area contributed by atoms with Crippen LogP contribution in [0.1, 0.15) is 12.0 Å². The van der Waals surface area contributed by atoms with Gasteiger partial charge in [-0.25, -0.2) is 0 Å². The van der Waals surface area contributed by atoms with Crippen molar-refractivity contribution in [3.63, 3.8) is 0 Å². The van der Waals surface area contributed by atoms with E-state index in [9.17, 15) is 9.59 Å². The van der Waals surface area contributed by atoms with Crippen LogP contribution in [0.3, 0.4) is 0 Å². The fourth-order valence-electron chi connectivity index (χ4n) is 2.48. The topological polar surface area (TPSA) is 66.8 Å². The van der Waals surface area contributed by atoms with Gasteiger partial charge in [-0.2, -0.15) is 0 Å². The van der Waals surface area contributed by atoms with Crippen LogP contribution in [0.2, 0.25) is 0 Å². The Morgan fingerprint density at radius 2 is 2.08 bits per heavy atom. The standard InChI is InChI=1S/C18H15NO4S2/c1-19-17(22)15(25-18(19)24)10-13-12-5-3-2-4-11(12)6-7-14(13)23-9-8-16(20)21/h2-7,10H,8-9H2,1H3,(H,20,21)/b15-10-. The van der Waals surface area contributed by atoms with Gasteiger partial charge in [-0.3, -0.25) is 14.5 Å². The van der Waals surface area contributed by atoms with Gasteiger partial charge in [0.05, 0.1) is 17.9 Å². The summed E-state index contributed by atoms with van der Waals surface area (Å²) in [7, 11) is 1.64. The zero-order chi connectivity index (χ0) is 18.0. The quantitative estimate of drug-likeness (QED) is 0.639. The summed E-state index contributed by atoms with van der Waals surface area (Å²) in [6.07, 6.45) is 1.67. The molecule has 7 heteroatoms. The number of amides is 1. The molecule has 25 heavy (non-hydrogen) atoms. The molecule has 0 aromatic heterocycles. The van der Waals surface area contributed by atoms with Crippen molar-refractivity contribution in [2.24, 2.45) is 0 Å². The number of aliphatic carboxylic acids is 1. The molecule has 1 aliphatic heterocycles. The van der Waals surface area contributed by atoms with Crippen LogP contribution in [0.15, 0.2) is 41.3 Å². The predicted molar refractivity (Wildman–Crippen MR) is 103 cm³/mol. The Kier molecular flexibility index (Phi) is 5.06. The van der Waals surface area contributed by atoms with E-state index in [2.05, 4.69) is 0 Å². The molecule has 0 bridgehead atoms. The van der Waals surface area contributed by atoms with Crippen LogP contribution in [0.4, 0.5) is 0 Å². The number of carbonyl (C=O) groups excluding carboxylic acids is 1. The highest BCUT2D eigenvalue weighted by molar-refractivity contribution is 8.26. The number of carboxylic acids is 1. The van der Waals surface area contributed by atoms with E-state index >= 15 is 0 Å². The Morgan fingerprint density at radius 1 is 1.32 bits per heavy atom. The third kappa shape index (κ3) is 3.67. The van der Waals surface area contributed by atoms with Gasteiger partial charge in [-0.1, -0.05) is 54.3 Å².